The number of amides is 1. The van der Waals surface area contributed by atoms with E-state index in [1.165, 1.54) is 31.3 Å². The molecule has 3 aromatic carbocycles. The lowest BCUT2D eigenvalue weighted by atomic mass is 10.00. The Kier molecular flexibility index (Phi) is 4.40. The van der Waals surface area contributed by atoms with Gasteiger partial charge in [-0.25, -0.2) is 9.45 Å². The van der Waals surface area contributed by atoms with Crippen molar-refractivity contribution in [3.8, 4) is 0 Å². The second-order valence-corrected chi connectivity index (χ2v) is 5.50. The molecule has 0 saturated carbocycles. The van der Waals surface area contributed by atoms with Crippen LogP contribution in [0.1, 0.15) is 11.1 Å². The van der Waals surface area contributed by atoms with Crippen LogP contribution in [0.2, 0.25) is 0 Å². The molecule has 0 saturated heterocycles. The van der Waals surface area contributed by atoms with Gasteiger partial charge in [0.25, 0.3) is 5.91 Å². The highest BCUT2D eigenvalue weighted by Gasteiger charge is 2.15. The normalized spacial score (nSPS) is 11.5. The number of rotatable bonds is 3. The van der Waals surface area contributed by atoms with Crippen LogP contribution < -0.4 is 0 Å². The predicted octanol–water partition coefficient (Wildman–Crippen LogP) is 4.37. The Bertz CT molecular complexity index is 914. The maximum Gasteiger partial charge on any atom is 0.277 e. The Hall–Kier alpha value is -2.98. The highest BCUT2D eigenvalue weighted by molar-refractivity contribution is 6.23. The number of halogens is 1. The van der Waals surface area contributed by atoms with Gasteiger partial charge in [-0.3, -0.25) is 10.0 Å². The van der Waals surface area contributed by atoms with E-state index in [-0.39, 0.29) is 11.4 Å². The number of hydrogen-bond acceptors (Lipinski definition) is 2. The molecule has 0 aliphatic heterocycles. The van der Waals surface area contributed by atoms with Crippen molar-refractivity contribution >= 4 is 28.3 Å². The van der Waals surface area contributed by atoms with Gasteiger partial charge in [0, 0.05) is 12.6 Å². The minimum atomic E-state index is -0.560. The van der Waals surface area contributed by atoms with Gasteiger partial charge in [0.1, 0.15) is 5.82 Å². The van der Waals surface area contributed by atoms with Crippen LogP contribution in [0, 0.1) is 5.82 Å². The van der Waals surface area contributed by atoms with Crippen molar-refractivity contribution in [2.24, 2.45) is 0 Å². The molecule has 0 spiro atoms. The number of carbonyl (C=O) groups is 1. The molecule has 1 N–H and O–H groups in total. The average molecular weight is 321 g/mol. The summed E-state index contributed by atoms with van der Waals surface area (Å²) < 4.78 is 13.1. The summed E-state index contributed by atoms with van der Waals surface area (Å²) in [4.78, 5) is 12.3. The van der Waals surface area contributed by atoms with E-state index >= 15 is 0 Å². The van der Waals surface area contributed by atoms with E-state index in [1.54, 1.807) is 6.08 Å². The molecular weight excluding hydrogens is 305 g/mol. The largest absolute Gasteiger partial charge is 0.286 e. The van der Waals surface area contributed by atoms with E-state index in [0.29, 0.717) is 10.6 Å². The van der Waals surface area contributed by atoms with Crippen LogP contribution in [0.25, 0.3) is 22.4 Å². The zero-order valence-corrected chi connectivity index (χ0v) is 13.1. The second-order valence-electron chi connectivity index (χ2n) is 5.50. The van der Waals surface area contributed by atoms with Crippen molar-refractivity contribution in [2.45, 2.75) is 0 Å². The van der Waals surface area contributed by atoms with Gasteiger partial charge in [0.15, 0.2) is 0 Å². The molecule has 0 atom stereocenters. The van der Waals surface area contributed by atoms with Crippen LogP contribution in [0.3, 0.4) is 0 Å². The number of hydrogen-bond donors (Lipinski definition) is 1. The molecule has 0 bridgehead atoms. The second kappa shape index (κ2) is 6.64. The average Bonchev–Trinajstić information content (AvgIpc) is 2.60. The smallest absolute Gasteiger partial charge is 0.277 e. The van der Waals surface area contributed by atoms with Gasteiger partial charge in [-0.1, -0.05) is 48.5 Å². The monoisotopic (exact) mass is 321 g/mol. The first-order chi connectivity index (χ1) is 11.5. The Labute approximate surface area is 139 Å². The SMILES string of the molecule is CN(O)C(=O)/C(=C/c1ccc2ccccc2c1)c1ccc(F)cc1. The molecule has 0 aliphatic carbocycles. The van der Waals surface area contributed by atoms with E-state index in [2.05, 4.69) is 0 Å². The Morgan fingerprint density at radius 3 is 2.33 bits per heavy atom. The van der Waals surface area contributed by atoms with Crippen LogP contribution in [0.5, 0.6) is 0 Å². The third-order valence-electron chi connectivity index (χ3n) is 3.76. The molecule has 3 aromatic rings. The van der Waals surface area contributed by atoms with E-state index < -0.39 is 5.91 Å². The molecule has 0 aromatic heterocycles. The maximum atomic E-state index is 13.1. The summed E-state index contributed by atoms with van der Waals surface area (Å²) in [5.74, 6) is -0.941. The van der Waals surface area contributed by atoms with E-state index in [0.717, 1.165) is 16.3 Å². The first kappa shape index (κ1) is 15.9. The molecule has 0 heterocycles. The number of hydroxylamine groups is 2. The fraction of sp³-hybridized carbons (Fsp3) is 0.0500. The molecule has 3 nitrogen and oxygen atoms in total. The van der Waals surface area contributed by atoms with Crippen LogP contribution in [0.4, 0.5) is 4.39 Å². The maximum absolute atomic E-state index is 13.1. The van der Waals surface area contributed by atoms with Crippen molar-refractivity contribution in [1.82, 2.24) is 5.06 Å². The molecule has 120 valence electrons. The fourth-order valence-corrected chi connectivity index (χ4v) is 2.54. The Morgan fingerprint density at radius 2 is 1.67 bits per heavy atom. The molecule has 1 amide bonds. The first-order valence-corrected chi connectivity index (χ1v) is 7.48. The van der Waals surface area contributed by atoms with Crippen LogP contribution in [-0.4, -0.2) is 23.2 Å². The minimum absolute atomic E-state index is 0.287. The predicted molar refractivity (Wildman–Crippen MR) is 92.8 cm³/mol. The molecule has 0 unspecified atom stereocenters. The summed E-state index contributed by atoms with van der Waals surface area (Å²) in [6, 6.07) is 19.3. The standard InChI is InChI=1S/C20H16FNO2/c1-22(24)20(23)19(16-8-10-18(21)11-9-16)13-14-6-7-15-4-2-3-5-17(15)12-14/h2-13,24H,1H3/b19-13+. The molecule has 0 radical (unpaired) electrons. The van der Waals surface area contributed by atoms with Gasteiger partial charge in [-0.05, 0) is 46.2 Å². The van der Waals surface area contributed by atoms with Crippen LogP contribution >= 0.6 is 0 Å². The summed E-state index contributed by atoms with van der Waals surface area (Å²) in [6.07, 6.45) is 1.69. The zero-order valence-electron chi connectivity index (χ0n) is 13.1. The van der Waals surface area contributed by atoms with Gasteiger partial charge in [0.2, 0.25) is 0 Å². The summed E-state index contributed by atoms with van der Waals surface area (Å²) in [5, 5.41) is 12.2. The first-order valence-electron chi connectivity index (χ1n) is 7.48. The number of likely N-dealkylation sites (N-methyl/N-ethyl adjacent to an activating group) is 1. The zero-order chi connectivity index (χ0) is 17.1. The van der Waals surface area contributed by atoms with Gasteiger partial charge >= 0.3 is 0 Å². The molecule has 3 rings (SSSR count). The van der Waals surface area contributed by atoms with Gasteiger partial charge in [-0.2, -0.15) is 0 Å². The third-order valence-corrected chi connectivity index (χ3v) is 3.76. The highest BCUT2D eigenvalue weighted by atomic mass is 19.1. The van der Waals surface area contributed by atoms with Crippen LogP contribution in [-0.2, 0) is 4.79 Å². The molecule has 0 aliphatic rings. The number of nitrogens with zero attached hydrogens (tertiary/aromatic N) is 1. The summed E-state index contributed by atoms with van der Waals surface area (Å²) in [6.45, 7) is 0. The van der Waals surface area contributed by atoms with Crippen molar-refractivity contribution in [1.29, 1.82) is 0 Å². The number of benzene rings is 3. The van der Waals surface area contributed by atoms with E-state index in [9.17, 15) is 14.4 Å². The Balaban J connectivity index is 2.10. The highest BCUT2D eigenvalue weighted by Crippen LogP contribution is 2.23. The molecule has 4 heteroatoms. The lowest BCUT2D eigenvalue weighted by molar-refractivity contribution is -0.151. The van der Waals surface area contributed by atoms with Crippen molar-refractivity contribution in [3.05, 3.63) is 83.7 Å². The van der Waals surface area contributed by atoms with Crippen molar-refractivity contribution in [3.63, 3.8) is 0 Å². The van der Waals surface area contributed by atoms with Crippen molar-refractivity contribution in [2.75, 3.05) is 7.05 Å². The van der Waals surface area contributed by atoms with E-state index in [1.807, 2.05) is 42.5 Å². The lowest BCUT2D eigenvalue weighted by Crippen LogP contribution is -2.23. The summed E-state index contributed by atoms with van der Waals surface area (Å²) in [7, 11) is 1.26. The summed E-state index contributed by atoms with van der Waals surface area (Å²) >= 11 is 0. The number of carbonyl (C=O) groups excluding carboxylic acids is 1. The third kappa shape index (κ3) is 3.34. The topological polar surface area (TPSA) is 40.5 Å². The summed E-state index contributed by atoms with van der Waals surface area (Å²) in [5.41, 5.74) is 1.65. The Morgan fingerprint density at radius 1 is 1.00 bits per heavy atom. The van der Waals surface area contributed by atoms with Gasteiger partial charge in [-0.15, -0.1) is 0 Å². The van der Waals surface area contributed by atoms with Crippen molar-refractivity contribution < 1.29 is 14.4 Å². The number of fused-ring (bicyclic) bond motifs is 1. The fourth-order valence-electron chi connectivity index (χ4n) is 2.54. The minimum Gasteiger partial charge on any atom is -0.286 e. The van der Waals surface area contributed by atoms with Gasteiger partial charge < -0.3 is 0 Å². The van der Waals surface area contributed by atoms with E-state index in [4.69, 9.17) is 0 Å². The molecular formula is C20H16FNO2. The molecule has 0 fully saturated rings. The van der Waals surface area contributed by atoms with Crippen LogP contribution in [0.15, 0.2) is 66.7 Å². The van der Waals surface area contributed by atoms with Gasteiger partial charge in [0.05, 0.1) is 0 Å². The lowest BCUT2D eigenvalue weighted by Gasteiger charge is -2.12. The molecule has 24 heavy (non-hydrogen) atoms. The quantitative estimate of drug-likeness (QED) is 0.337.